The van der Waals surface area contributed by atoms with Crippen molar-refractivity contribution in [2.75, 3.05) is 6.61 Å². The summed E-state index contributed by atoms with van der Waals surface area (Å²) in [5, 5.41) is 10.4. The number of fused-ring (bicyclic) bond motifs is 1. The van der Waals surface area contributed by atoms with Gasteiger partial charge in [-0.15, -0.1) is 0 Å². The third-order valence-electron chi connectivity index (χ3n) is 3.59. The predicted octanol–water partition coefficient (Wildman–Crippen LogP) is 4.01. The number of para-hydroxylation sites is 1. The maximum absolute atomic E-state index is 11.7. The summed E-state index contributed by atoms with van der Waals surface area (Å²) in [6.07, 6.45) is -1.05. The number of ether oxygens (including phenoxy) is 1. The normalized spacial score (nSPS) is 10.7. The Balaban J connectivity index is 2.08. The van der Waals surface area contributed by atoms with Gasteiger partial charge in [0.1, 0.15) is 0 Å². The van der Waals surface area contributed by atoms with Gasteiger partial charge in [0, 0.05) is 5.39 Å². The Kier molecular flexibility index (Phi) is 3.85. The highest BCUT2D eigenvalue weighted by molar-refractivity contribution is 5.96. The van der Waals surface area contributed by atoms with Gasteiger partial charge >= 0.3 is 12.1 Å². The molecule has 116 valence electrons. The van der Waals surface area contributed by atoms with Gasteiger partial charge in [0.25, 0.3) is 0 Å². The average Bonchev–Trinajstić information content (AvgIpc) is 2.95. The van der Waals surface area contributed by atoms with Crippen LogP contribution in [0.2, 0.25) is 0 Å². The second-order valence-corrected chi connectivity index (χ2v) is 5.00. The molecule has 0 amide bonds. The SMILES string of the molecule is CCOC(=O)c1ccc(-c2cc3ccccc3n2C(=O)O)cc1. The van der Waals surface area contributed by atoms with Crippen LogP contribution in [0.15, 0.2) is 54.6 Å². The topological polar surface area (TPSA) is 68.5 Å². The summed E-state index contributed by atoms with van der Waals surface area (Å²) >= 11 is 0. The van der Waals surface area contributed by atoms with Gasteiger partial charge in [0.05, 0.1) is 23.4 Å². The fraction of sp³-hybridized carbons (Fsp3) is 0.111. The Morgan fingerprint density at radius 2 is 1.78 bits per heavy atom. The first-order chi connectivity index (χ1) is 11.1. The molecule has 5 heteroatoms. The molecule has 1 N–H and O–H groups in total. The van der Waals surface area contributed by atoms with Crippen LogP contribution >= 0.6 is 0 Å². The van der Waals surface area contributed by atoms with E-state index in [0.717, 1.165) is 10.9 Å². The fourth-order valence-electron chi connectivity index (χ4n) is 2.56. The van der Waals surface area contributed by atoms with E-state index in [1.165, 1.54) is 4.57 Å². The van der Waals surface area contributed by atoms with Gasteiger partial charge in [-0.3, -0.25) is 0 Å². The number of carbonyl (C=O) groups is 2. The molecule has 0 aliphatic carbocycles. The lowest BCUT2D eigenvalue weighted by Gasteiger charge is -2.06. The van der Waals surface area contributed by atoms with Crippen LogP contribution in [-0.2, 0) is 4.74 Å². The largest absolute Gasteiger partial charge is 0.464 e. The van der Waals surface area contributed by atoms with E-state index in [0.29, 0.717) is 23.4 Å². The summed E-state index contributed by atoms with van der Waals surface area (Å²) in [4.78, 5) is 23.3. The summed E-state index contributed by atoms with van der Waals surface area (Å²) in [6, 6.07) is 15.8. The summed E-state index contributed by atoms with van der Waals surface area (Å²) in [7, 11) is 0. The van der Waals surface area contributed by atoms with E-state index in [4.69, 9.17) is 4.74 Å². The molecule has 1 aromatic heterocycles. The standard InChI is InChI=1S/C18H15NO4/c1-2-23-17(20)13-9-7-12(8-10-13)16-11-14-5-3-4-6-15(14)19(16)18(21)22/h3-11H,2H2,1H3,(H,21,22). The number of aromatic nitrogens is 1. The molecule has 5 nitrogen and oxygen atoms in total. The summed E-state index contributed by atoms with van der Waals surface area (Å²) in [5.74, 6) is -0.391. The molecule has 0 spiro atoms. The van der Waals surface area contributed by atoms with E-state index in [2.05, 4.69) is 0 Å². The van der Waals surface area contributed by atoms with E-state index < -0.39 is 12.1 Å². The van der Waals surface area contributed by atoms with Crippen LogP contribution in [0.3, 0.4) is 0 Å². The Morgan fingerprint density at radius 3 is 2.43 bits per heavy atom. The van der Waals surface area contributed by atoms with Gasteiger partial charge in [-0.2, -0.15) is 0 Å². The molecule has 3 aromatic rings. The summed E-state index contributed by atoms with van der Waals surface area (Å²) < 4.78 is 6.19. The predicted molar refractivity (Wildman–Crippen MR) is 86.8 cm³/mol. The Hall–Kier alpha value is -3.08. The Bertz CT molecular complexity index is 878. The van der Waals surface area contributed by atoms with Crippen molar-refractivity contribution < 1.29 is 19.4 Å². The second-order valence-electron chi connectivity index (χ2n) is 5.00. The van der Waals surface area contributed by atoms with Crippen molar-refractivity contribution in [3.63, 3.8) is 0 Å². The molecule has 23 heavy (non-hydrogen) atoms. The molecule has 0 atom stereocenters. The number of rotatable bonds is 3. The molecule has 0 unspecified atom stereocenters. The number of esters is 1. The molecule has 0 radical (unpaired) electrons. The molecule has 2 aromatic carbocycles. The van der Waals surface area contributed by atoms with Crippen molar-refractivity contribution in [1.29, 1.82) is 0 Å². The minimum Gasteiger partial charge on any atom is -0.464 e. The van der Waals surface area contributed by atoms with Crippen molar-refractivity contribution in [2.24, 2.45) is 0 Å². The zero-order valence-electron chi connectivity index (χ0n) is 12.5. The number of carboxylic acid groups (broad SMARTS) is 1. The maximum atomic E-state index is 11.7. The average molecular weight is 309 g/mol. The Labute approximate surface area is 132 Å². The monoisotopic (exact) mass is 309 g/mol. The van der Waals surface area contributed by atoms with Gasteiger partial charge in [-0.25, -0.2) is 14.2 Å². The Morgan fingerprint density at radius 1 is 1.09 bits per heavy atom. The first-order valence-electron chi connectivity index (χ1n) is 7.23. The molecule has 0 aliphatic rings. The summed E-state index contributed by atoms with van der Waals surface area (Å²) in [5.41, 5.74) is 2.35. The van der Waals surface area contributed by atoms with Gasteiger partial charge in [0.15, 0.2) is 0 Å². The number of hydrogen-bond acceptors (Lipinski definition) is 3. The van der Waals surface area contributed by atoms with Crippen LogP contribution < -0.4 is 0 Å². The molecule has 3 rings (SSSR count). The van der Waals surface area contributed by atoms with Gasteiger partial charge < -0.3 is 9.84 Å². The molecule has 0 saturated carbocycles. The van der Waals surface area contributed by atoms with Crippen molar-refractivity contribution in [1.82, 2.24) is 4.57 Å². The van der Waals surface area contributed by atoms with Crippen LogP contribution in [0.5, 0.6) is 0 Å². The first-order valence-corrected chi connectivity index (χ1v) is 7.23. The zero-order valence-corrected chi connectivity index (χ0v) is 12.5. The highest BCUT2D eigenvalue weighted by Gasteiger charge is 2.16. The molecule has 0 bridgehead atoms. The van der Waals surface area contributed by atoms with Crippen molar-refractivity contribution >= 4 is 23.0 Å². The van der Waals surface area contributed by atoms with Crippen LogP contribution in [0.1, 0.15) is 17.3 Å². The first kappa shape index (κ1) is 14.8. The third kappa shape index (κ3) is 2.68. The zero-order chi connectivity index (χ0) is 16.4. The number of hydrogen-bond donors (Lipinski definition) is 1. The fourth-order valence-corrected chi connectivity index (χ4v) is 2.56. The number of nitrogens with zero attached hydrogens (tertiary/aromatic N) is 1. The van der Waals surface area contributed by atoms with Crippen molar-refractivity contribution in [2.45, 2.75) is 6.92 Å². The van der Waals surface area contributed by atoms with Gasteiger partial charge in [0.2, 0.25) is 0 Å². The summed E-state index contributed by atoms with van der Waals surface area (Å²) in [6.45, 7) is 2.06. The molecule has 0 saturated heterocycles. The number of carbonyl (C=O) groups excluding carboxylic acids is 1. The minimum absolute atomic E-state index is 0.313. The highest BCUT2D eigenvalue weighted by atomic mass is 16.5. The van der Waals surface area contributed by atoms with E-state index in [1.54, 1.807) is 43.3 Å². The van der Waals surface area contributed by atoms with E-state index in [1.807, 2.05) is 18.2 Å². The van der Waals surface area contributed by atoms with Crippen LogP contribution in [-0.4, -0.2) is 28.3 Å². The maximum Gasteiger partial charge on any atom is 0.416 e. The highest BCUT2D eigenvalue weighted by Crippen LogP contribution is 2.28. The lowest BCUT2D eigenvalue weighted by atomic mass is 10.1. The lowest BCUT2D eigenvalue weighted by molar-refractivity contribution is 0.0526. The molecular weight excluding hydrogens is 294 g/mol. The van der Waals surface area contributed by atoms with E-state index in [-0.39, 0.29) is 0 Å². The quantitative estimate of drug-likeness (QED) is 0.742. The van der Waals surface area contributed by atoms with Crippen LogP contribution in [0, 0.1) is 0 Å². The van der Waals surface area contributed by atoms with Crippen LogP contribution in [0.4, 0.5) is 4.79 Å². The second kappa shape index (κ2) is 5.96. The van der Waals surface area contributed by atoms with E-state index in [9.17, 15) is 14.7 Å². The van der Waals surface area contributed by atoms with Gasteiger partial charge in [-0.05, 0) is 36.8 Å². The molecular formula is C18H15NO4. The lowest BCUT2D eigenvalue weighted by Crippen LogP contribution is -2.09. The molecule has 1 heterocycles. The molecule has 0 fully saturated rings. The van der Waals surface area contributed by atoms with E-state index >= 15 is 0 Å². The molecule has 0 aliphatic heterocycles. The third-order valence-corrected chi connectivity index (χ3v) is 3.59. The smallest absolute Gasteiger partial charge is 0.416 e. The van der Waals surface area contributed by atoms with Crippen LogP contribution in [0.25, 0.3) is 22.2 Å². The number of benzene rings is 2. The minimum atomic E-state index is -1.05. The van der Waals surface area contributed by atoms with Crippen molar-refractivity contribution in [3.8, 4) is 11.3 Å². The van der Waals surface area contributed by atoms with Crippen molar-refractivity contribution in [3.05, 3.63) is 60.2 Å². The van der Waals surface area contributed by atoms with Gasteiger partial charge in [-0.1, -0.05) is 30.3 Å².